The van der Waals surface area contributed by atoms with Crippen LogP contribution in [0.3, 0.4) is 0 Å². The molecule has 3 aliphatic heterocycles. The molecule has 0 aromatic rings. The fourth-order valence-electron chi connectivity index (χ4n) is 5.10. The van der Waals surface area contributed by atoms with Crippen LogP contribution in [0.1, 0.15) is 135 Å². The van der Waals surface area contributed by atoms with E-state index in [-0.39, 0.29) is 31.1 Å². The molecule has 0 saturated carbocycles. The average molecular weight is 597 g/mol. The lowest BCUT2D eigenvalue weighted by Crippen LogP contribution is -2.30. The second kappa shape index (κ2) is 21.9. The van der Waals surface area contributed by atoms with Crippen LogP contribution >= 0.6 is 0 Å². The molecule has 0 bridgehead atoms. The number of hydrogen-bond acceptors (Lipinski definition) is 9. The average Bonchev–Trinajstić information content (AvgIpc) is 3.81. The summed E-state index contributed by atoms with van der Waals surface area (Å²) in [4.78, 5) is 37.1. The van der Waals surface area contributed by atoms with E-state index in [1.54, 1.807) is 0 Å². The summed E-state index contributed by atoms with van der Waals surface area (Å²) < 4.78 is 32.1. The van der Waals surface area contributed by atoms with Gasteiger partial charge in [-0.05, 0) is 38.5 Å². The Morgan fingerprint density at radius 3 is 1.14 bits per heavy atom. The van der Waals surface area contributed by atoms with E-state index in [2.05, 4.69) is 0 Å². The molecule has 3 atom stereocenters. The summed E-state index contributed by atoms with van der Waals surface area (Å²) in [5, 5.41) is 0. The Balaban J connectivity index is 1.24. The maximum absolute atomic E-state index is 12.5. The van der Waals surface area contributed by atoms with E-state index in [4.69, 9.17) is 28.4 Å². The molecular formula is C33H56O9. The van der Waals surface area contributed by atoms with Crippen molar-refractivity contribution in [2.45, 2.75) is 159 Å². The highest BCUT2D eigenvalue weighted by molar-refractivity contribution is 5.71. The number of esters is 3. The Morgan fingerprint density at radius 2 is 0.786 bits per heavy atom. The van der Waals surface area contributed by atoms with Crippen molar-refractivity contribution in [1.82, 2.24) is 0 Å². The van der Waals surface area contributed by atoms with Gasteiger partial charge < -0.3 is 28.4 Å². The first-order valence-electron chi connectivity index (χ1n) is 16.9. The lowest BCUT2D eigenvalue weighted by molar-refractivity contribution is -0.167. The lowest BCUT2D eigenvalue weighted by Gasteiger charge is -2.18. The molecule has 0 radical (unpaired) electrons. The maximum Gasteiger partial charge on any atom is 0.306 e. The molecule has 242 valence electrons. The summed E-state index contributed by atoms with van der Waals surface area (Å²) >= 11 is 0. The van der Waals surface area contributed by atoms with Crippen LogP contribution in [0.15, 0.2) is 0 Å². The van der Waals surface area contributed by atoms with Crippen molar-refractivity contribution in [2.24, 2.45) is 0 Å². The lowest BCUT2D eigenvalue weighted by atomic mass is 10.1. The second-order valence-corrected chi connectivity index (χ2v) is 12.3. The van der Waals surface area contributed by atoms with Crippen LogP contribution in [-0.2, 0) is 42.8 Å². The van der Waals surface area contributed by atoms with Crippen LogP contribution in [0, 0.1) is 0 Å². The number of carbonyl (C=O) groups excluding carboxylic acids is 3. The Kier molecular flexibility index (Phi) is 18.1. The van der Waals surface area contributed by atoms with Gasteiger partial charge in [0.2, 0.25) is 0 Å². The topological polar surface area (TPSA) is 116 Å². The van der Waals surface area contributed by atoms with Crippen molar-refractivity contribution < 1.29 is 42.8 Å². The van der Waals surface area contributed by atoms with Gasteiger partial charge in [-0.2, -0.15) is 0 Å². The van der Waals surface area contributed by atoms with Crippen LogP contribution < -0.4 is 0 Å². The van der Waals surface area contributed by atoms with E-state index in [0.29, 0.717) is 37.6 Å². The number of ether oxygens (including phenoxy) is 6. The predicted molar refractivity (Wildman–Crippen MR) is 158 cm³/mol. The monoisotopic (exact) mass is 596 g/mol. The number of rotatable bonds is 29. The molecule has 3 saturated heterocycles. The molecule has 0 aromatic heterocycles. The third-order valence-corrected chi connectivity index (χ3v) is 8.09. The highest BCUT2D eigenvalue weighted by Gasteiger charge is 2.23. The summed E-state index contributed by atoms with van der Waals surface area (Å²) in [6, 6.07) is 0. The molecule has 0 aromatic carbocycles. The molecule has 3 heterocycles. The van der Waals surface area contributed by atoms with Gasteiger partial charge in [0.1, 0.15) is 13.2 Å². The summed E-state index contributed by atoms with van der Waals surface area (Å²) in [6.07, 6.45) is 20.6. The van der Waals surface area contributed by atoms with Crippen LogP contribution in [-0.4, -0.2) is 75.4 Å². The zero-order valence-corrected chi connectivity index (χ0v) is 25.9. The van der Waals surface area contributed by atoms with Gasteiger partial charge in [0.25, 0.3) is 0 Å². The molecule has 9 nitrogen and oxygen atoms in total. The molecule has 42 heavy (non-hydrogen) atoms. The van der Waals surface area contributed by atoms with Crippen molar-refractivity contribution >= 4 is 17.9 Å². The van der Waals surface area contributed by atoms with Crippen molar-refractivity contribution in [2.75, 3.05) is 33.0 Å². The Morgan fingerprint density at radius 1 is 0.476 bits per heavy atom. The molecule has 0 N–H and O–H groups in total. The van der Waals surface area contributed by atoms with E-state index in [0.717, 1.165) is 116 Å². The van der Waals surface area contributed by atoms with Crippen LogP contribution in [0.4, 0.5) is 0 Å². The van der Waals surface area contributed by atoms with Crippen LogP contribution in [0.2, 0.25) is 0 Å². The molecule has 3 aliphatic rings. The summed E-state index contributed by atoms with van der Waals surface area (Å²) in [5.41, 5.74) is 0. The molecule has 0 aliphatic carbocycles. The minimum atomic E-state index is -0.779. The number of carbonyl (C=O) groups is 3. The van der Waals surface area contributed by atoms with Gasteiger partial charge in [-0.15, -0.1) is 0 Å². The summed E-state index contributed by atoms with van der Waals surface area (Å²) in [7, 11) is 0. The fourth-order valence-corrected chi connectivity index (χ4v) is 5.10. The minimum Gasteiger partial charge on any atom is -0.462 e. The molecule has 3 rings (SSSR count). The quantitative estimate of drug-likeness (QED) is 0.0420. The highest BCUT2D eigenvalue weighted by atomic mass is 16.6. The molecule has 9 heteroatoms. The van der Waals surface area contributed by atoms with Crippen molar-refractivity contribution in [3.05, 3.63) is 0 Å². The zero-order valence-electron chi connectivity index (χ0n) is 25.9. The van der Waals surface area contributed by atoms with E-state index >= 15 is 0 Å². The number of hydrogen-bond donors (Lipinski definition) is 0. The zero-order chi connectivity index (χ0) is 29.7. The first-order chi connectivity index (χ1) is 20.6. The van der Waals surface area contributed by atoms with Gasteiger partial charge in [0, 0.05) is 19.3 Å². The standard InChI is InChI=1S/C33H56O9/c34-31(19-13-7-1-4-10-16-27-22-37-27)40-25-30(42-33(36)21-15-9-3-6-12-18-29-24-39-29)26-41-32(35)20-14-8-2-5-11-17-28-23-38-28/h27-30H,1-26H2. The SMILES string of the molecule is O=C(CCCCCCCC1CO1)OCC(COC(=O)CCCCCCCC1CO1)OC(=O)CCCCCCCC1CO1. The van der Waals surface area contributed by atoms with E-state index in [1.807, 2.05) is 0 Å². The van der Waals surface area contributed by atoms with Gasteiger partial charge in [0.05, 0.1) is 38.1 Å². The summed E-state index contributed by atoms with van der Waals surface area (Å²) in [6.45, 7) is 2.55. The molecular weight excluding hydrogens is 540 g/mol. The Bertz CT molecular complexity index is 704. The summed E-state index contributed by atoms with van der Waals surface area (Å²) in [5.74, 6) is -0.955. The molecule has 0 amide bonds. The smallest absolute Gasteiger partial charge is 0.306 e. The molecule has 3 unspecified atom stereocenters. The Hall–Kier alpha value is -1.71. The molecule has 0 spiro atoms. The van der Waals surface area contributed by atoms with Gasteiger partial charge in [0.15, 0.2) is 6.10 Å². The first kappa shape index (κ1) is 34.8. The number of unbranched alkanes of at least 4 members (excludes halogenated alkanes) is 12. The highest BCUT2D eigenvalue weighted by Crippen LogP contribution is 2.20. The van der Waals surface area contributed by atoms with E-state index < -0.39 is 6.10 Å². The van der Waals surface area contributed by atoms with Crippen LogP contribution in [0.25, 0.3) is 0 Å². The van der Waals surface area contributed by atoms with Gasteiger partial charge in [-0.1, -0.05) is 77.0 Å². The van der Waals surface area contributed by atoms with Crippen molar-refractivity contribution in [3.63, 3.8) is 0 Å². The first-order valence-corrected chi connectivity index (χ1v) is 16.9. The maximum atomic E-state index is 12.5. The third-order valence-electron chi connectivity index (χ3n) is 8.09. The number of epoxide rings is 3. The van der Waals surface area contributed by atoms with Gasteiger partial charge in [-0.3, -0.25) is 14.4 Å². The minimum absolute atomic E-state index is 0.0901. The normalized spacial score (nSPS) is 21.0. The van der Waals surface area contributed by atoms with Crippen molar-refractivity contribution in [1.29, 1.82) is 0 Å². The van der Waals surface area contributed by atoms with E-state index in [1.165, 1.54) is 19.3 Å². The van der Waals surface area contributed by atoms with Gasteiger partial charge in [-0.25, -0.2) is 0 Å². The van der Waals surface area contributed by atoms with Gasteiger partial charge >= 0.3 is 17.9 Å². The predicted octanol–water partition coefficient (Wildman–Crippen LogP) is 6.37. The van der Waals surface area contributed by atoms with E-state index in [9.17, 15) is 14.4 Å². The largest absolute Gasteiger partial charge is 0.462 e. The van der Waals surface area contributed by atoms with Crippen molar-refractivity contribution in [3.8, 4) is 0 Å². The molecule has 3 fully saturated rings. The fraction of sp³-hybridized carbons (Fsp3) is 0.909. The third kappa shape index (κ3) is 20.2. The second-order valence-electron chi connectivity index (χ2n) is 12.3. The Labute approximate surface area is 253 Å². The van der Waals surface area contributed by atoms with Crippen LogP contribution in [0.5, 0.6) is 0 Å².